The molecule has 0 radical (unpaired) electrons. The van der Waals surface area contributed by atoms with E-state index in [1.54, 1.807) is 31.3 Å². The van der Waals surface area contributed by atoms with Crippen molar-refractivity contribution in [2.24, 2.45) is 5.10 Å². The van der Waals surface area contributed by atoms with Gasteiger partial charge in [0.05, 0.1) is 17.7 Å². The van der Waals surface area contributed by atoms with Crippen LogP contribution >= 0.6 is 0 Å². The predicted octanol–water partition coefficient (Wildman–Crippen LogP) is 3.84. The Hall–Kier alpha value is -5.04. The van der Waals surface area contributed by atoms with Gasteiger partial charge in [-0.05, 0) is 48.9 Å². The van der Waals surface area contributed by atoms with Crippen molar-refractivity contribution in [2.45, 2.75) is 11.8 Å². The summed E-state index contributed by atoms with van der Waals surface area (Å²) in [7, 11) is -4.39. The van der Waals surface area contributed by atoms with Crippen molar-refractivity contribution in [2.75, 3.05) is 13.2 Å². The van der Waals surface area contributed by atoms with Gasteiger partial charge < -0.3 is 13.7 Å². The highest BCUT2D eigenvalue weighted by molar-refractivity contribution is 7.87. The molecule has 13 heteroatoms. The number of nitro benzene ring substituents is 1. The molecule has 1 amide bonds. The van der Waals surface area contributed by atoms with Crippen LogP contribution in [0.5, 0.6) is 17.2 Å². The summed E-state index contributed by atoms with van der Waals surface area (Å²) in [4.78, 5) is 26.4. The molecule has 0 bridgehead atoms. The van der Waals surface area contributed by atoms with E-state index in [4.69, 9.17) is 13.7 Å². The van der Waals surface area contributed by atoms with Crippen LogP contribution in [-0.2, 0) is 14.9 Å². The van der Waals surface area contributed by atoms with Crippen LogP contribution in [-0.4, -0.2) is 43.7 Å². The fourth-order valence-corrected chi connectivity index (χ4v) is 4.39. The maximum Gasteiger partial charge on any atom is 0.339 e. The van der Waals surface area contributed by atoms with E-state index in [9.17, 15) is 23.3 Å². The molecule has 0 saturated heterocycles. The third kappa shape index (κ3) is 6.84. The van der Waals surface area contributed by atoms with E-state index in [-0.39, 0.29) is 29.6 Å². The summed E-state index contributed by atoms with van der Waals surface area (Å²) in [6.07, 6.45) is 2.97. The smallest absolute Gasteiger partial charge is 0.339 e. The van der Waals surface area contributed by atoms with E-state index in [2.05, 4.69) is 15.5 Å². The van der Waals surface area contributed by atoms with Crippen LogP contribution in [0.3, 0.4) is 0 Å². The van der Waals surface area contributed by atoms with Crippen molar-refractivity contribution in [1.29, 1.82) is 0 Å². The molecule has 0 spiro atoms. The zero-order valence-corrected chi connectivity index (χ0v) is 21.3. The van der Waals surface area contributed by atoms with E-state index in [1.165, 1.54) is 42.6 Å². The molecule has 200 valence electrons. The SMILES string of the molecule is CCOc1cc(/C=N\NC(=O)COc2cccc3cccnc23)ccc1OS(=O)(=O)c1cccc([N+](=O)[O-])c1. The Labute approximate surface area is 223 Å². The monoisotopic (exact) mass is 550 g/mol. The Morgan fingerprint density at radius 3 is 2.62 bits per heavy atom. The maximum absolute atomic E-state index is 12.7. The van der Waals surface area contributed by atoms with Crippen molar-refractivity contribution in [3.8, 4) is 17.2 Å². The number of fused-ring (bicyclic) bond motifs is 1. The Bertz CT molecular complexity index is 1650. The van der Waals surface area contributed by atoms with Gasteiger partial charge in [-0.1, -0.05) is 24.3 Å². The summed E-state index contributed by atoms with van der Waals surface area (Å²) in [5.74, 6) is -0.0772. The molecule has 0 unspecified atom stereocenters. The van der Waals surface area contributed by atoms with Crippen molar-refractivity contribution in [3.05, 3.63) is 94.7 Å². The number of amides is 1. The number of para-hydroxylation sites is 1. The molecule has 4 aromatic rings. The zero-order chi connectivity index (χ0) is 27.8. The largest absolute Gasteiger partial charge is 0.490 e. The molecule has 0 saturated carbocycles. The van der Waals surface area contributed by atoms with Gasteiger partial charge in [-0.2, -0.15) is 13.5 Å². The van der Waals surface area contributed by atoms with E-state index in [0.717, 1.165) is 11.5 Å². The lowest BCUT2D eigenvalue weighted by molar-refractivity contribution is -0.385. The molecular weight excluding hydrogens is 528 g/mol. The third-order valence-corrected chi connectivity index (χ3v) is 6.37. The van der Waals surface area contributed by atoms with Gasteiger partial charge in [-0.3, -0.25) is 19.9 Å². The second-order valence-corrected chi connectivity index (χ2v) is 9.39. The number of hydrogen-bond acceptors (Lipinski definition) is 10. The summed E-state index contributed by atoms with van der Waals surface area (Å²) in [5.41, 5.74) is 3.06. The Balaban J connectivity index is 1.41. The molecule has 3 aromatic carbocycles. The van der Waals surface area contributed by atoms with E-state index in [0.29, 0.717) is 16.8 Å². The lowest BCUT2D eigenvalue weighted by Gasteiger charge is -2.12. The van der Waals surface area contributed by atoms with E-state index >= 15 is 0 Å². The summed E-state index contributed by atoms with van der Waals surface area (Å²) < 4.78 is 41.7. The van der Waals surface area contributed by atoms with Gasteiger partial charge in [0, 0.05) is 23.7 Å². The van der Waals surface area contributed by atoms with Crippen LogP contribution in [0.1, 0.15) is 12.5 Å². The van der Waals surface area contributed by atoms with Crippen LogP contribution in [0.15, 0.2) is 89.0 Å². The minimum Gasteiger partial charge on any atom is -0.490 e. The number of hydrazone groups is 1. The summed E-state index contributed by atoms with van der Waals surface area (Å²) in [5, 5.41) is 15.8. The van der Waals surface area contributed by atoms with Crippen molar-refractivity contribution < 1.29 is 31.8 Å². The molecule has 1 N–H and O–H groups in total. The fourth-order valence-electron chi connectivity index (χ4n) is 3.41. The molecular formula is C26H22N4O8S. The molecule has 1 aromatic heterocycles. The van der Waals surface area contributed by atoms with Gasteiger partial charge in [0.1, 0.15) is 16.2 Å². The highest BCUT2D eigenvalue weighted by atomic mass is 32.2. The predicted molar refractivity (Wildman–Crippen MR) is 141 cm³/mol. The van der Waals surface area contributed by atoms with E-state index in [1.807, 2.05) is 12.1 Å². The second-order valence-electron chi connectivity index (χ2n) is 7.84. The molecule has 0 fully saturated rings. The average molecular weight is 551 g/mol. The number of nitrogens with zero attached hydrogens (tertiary/aromatic N) is 3. The molecule has 4 rings (SSSR count). The molecule has 0 aliphatic rings. The van der Waals surface area contributed by atoms with E-state index < -0.39 is 26.6 Å². The third-order valence-electron chi connectivity index (χ3n) is 5.14. The van der Waals surface area contributed by atoms with Crippen molar-refractivity contribution >= 4 is 38.8 Å². The van der Waals surface area contributed by atoms with Crippen LogP contribution < -0.4 is 19.1 Å². The van der Waals surface area contributed by atoms with Crippen LogP contribution in [0.25, 0.3) is 10.9 Å². The van der Waals surface area contributed by atoms with Crippen LogP contribution in [0.4, 0.5) is 5.69 Å². The summed E-state index contributed by atoms with van der Waals surface area (Å²) >= 11 is 0. The van der Waals surface area contributed by atoms with Crippen LogP contribution in [0.2, 0.25) is 0 Å². The first-order valence-corrected chi connectivity index (χ1v) is 12.9. The number of carbonyl (C=O) groups excluding carboxylic acids is 1. The van der Waals surface area contributed by atoms with Gasteiger partial charge >= 0.3 is 10.1 Å². The van der Waals surface area contributed by atoms with Crippen LogP contribution in [0, 0.1) is 10.1 Å². The van der Waals surface area contributed by atoms with Gasteiger partial charge in [-0.15, -0.1) is 0 Å². The minimum atomic E-state index is -4.39. The quantitative estimate of drug-likeness (QED) is 0.127. The first-order valence-electron chi connectivity index (χ1n) is 11.5. The standard InChI is InChI=1S/C26H22N4O8S/c1-2-36-24-14-18(11-12-22(24)38-39(34,35)21-9-4-8-20(15-21)30(32)33)16-28-29-25(31)17-37-23-10-3-6-19-7-5-13-27-26(19)23/h3-16H,2,17H2,1H3,(H,29,31)/b28-16-. The summed E-state index contributed by atoms with van der Waals surface area (Å²) in [6.45, 7) is 1.61. The number of pyridine rings is 1. The number of rotatable bonds is 11. The number of nitro groups is 1. The lowest BCUT2D eigenvalue weighted by atomic mass is 10.2. The van der Waals surface area contributed by atoms with Crippen molar-refractivity contribution in [1.82, 2.24) is 10.4 Å². The first-order chi connectivity index (χ1) is 18.8. The summed E-state index contributed by atoms with van der Waals surface area (Å²) in [6, 6.07) is 17.9. The normalized spacial score (nSPS) is 11.3. The minimum absolute atomic E-state index is 0.0913. The number of carbonyl (C=O) groups is 1. The van der Waals surface area contributed by atoms with Gasteiger partial charge in [0.15, 0.2) is 18.1 Å². The highest BCUT2D eigenvalue weighted by Crippen LogP contribution is 2.31. The number of ether oxygens (including phenoxy) is 2. The zero-order valence-electron chi connectivity index (χ0n) is 20.5. The first kappa shape index (κ1) is 27.0. The van der Waals surface area contributed by atoms with Crippen molar-refractivity contribution in [3.63, 3.8) is 0 Å². The molecule has 1 heterocycles. The van der Waals surface area contributed by atoms with Gasteiger partial charge in [-0.25, -0.2) is 5.43 Å². The molecule has 39 heavy (non-hydrogen) atoms. The average Bonchev–Trinajstić information content (AvgIpc) is 2.93. The molecule has 0 atom stereocenters. The molecule has 12 nitrogen and oxygen atoms in total. The number of nitrogens with one attached hydrogen (secondary N) is 1. The number of aromatic nitrogens is 1. The Morgan fingerprint density at radius 2 is 1.82 bits per heavy atom. The number of non-ortho nitro benzene ring substituents is 1. The van der Waals surface area contributed by atoms with Gasteiger partial charge in [0.2, 0.25) is 0 Å². The van der Waals surface area contributed by atoms with Gasteiger partial charge in [0.25, 0.3) is 11.6 Å². The Kier molecular flexibility index (Phi) is 8.31. The number of benzene rings is 3. The highest BCUT2D eigenvalue weighted by Gasteiger charge is 2.22. The Morgan fingerprint density at radius 1 is 1.03 bits per heavy atom. The number of hydrogen-bond donors (Lipinski definition) is 1. The maximum atomic E-state index is 12.7. The lowest BCUT2D eigenvalue weighted by Crippen LogP contribution is -2.24. The second kappa shape index (κ2) is 12.0. The fraction of sp³-hybridized carbons (Fsp3) is 0.115. The topological polar surface area (TPSA) is 159 Å². The molecule has 0 aliphatic heterocycles. The molecule has 0 aliphatic carbocycles.